The Bertz CT molecular complexity index is 1510. The van der Waals surface area contributed by atoms with Crippen LogP contribution in [0, 0.1) is 13.8 Å². The van der Waals surface area contributed by atoms with Crippen LogP contribution >= 0.6 is 0 Å². The maximum Gasteiger partial charge on any atom is 2.00 e. The maximum absolute atomic E-state index is 9.55. The average Bonchev–Trinajstić information content (AvgIpc) is 3.36. The zero-order chi connectivity index (χ0) is 51.0. The third-order valence-corrected chi connectivity index (χ3v) is 14.3. The normalized spacial score (nSPS) is 11.0. The molecule has 2 aromatic carbocycles. The molecule has 0 bridgehead atoms. The summed E-state index contributed by atoms with van der Waals surface area (Å²) in [6.45, 7) is 28.3. The van der Waals surface area contributed by atoms with Gasteiger partial charge in [0.1, 0.15) is 0 Å². The Morgan fingerprint density at radius 3 is 1.07 bits per heavy atom. The fourth-order valence-electron chi connectivity index (χ4n) is 9.87. The third kappa shape index (κ3) is 34.3. The molecule has 2 aromatic rings. The molecule has 0 saturated heterocycles. The van der Waals surface area contributed by atoms with Crippen LogP contribution < -0.4 is 0 Å². The summed E-state index contributed by atoms with van der Waals surface area (Å²) in [7, 11) is 0. The molecular formula is C67H116N2Ni. The van der Waals surface area contributed by atoms with Crippen molar-refractivity contribution in [2.45, 2.75) is 319 Å². The van der Waals surface area contributed by atoms with Crippen LogP contribution in [0.2, 0.25) is 0 Å². The molecule has 2 rings (SSSR count). The molecule has 0 aromatic heterocycles. The van der Waals surface area contributed by atoms with Crippen molar-refractivity contribution in [3.63, 3.8) is 0 Å². The summed E-state index contributed by atoms with van der Waals surface area (Å²) < 4.78 is 0. The Hall–Kier alpha value is -2.17. The number of hydrogen-bond donors (Lipinski definition) is 0. The molecule has 0 aliphatic rings. The molecule has 0 saturated carbocycles. The summed E-state index contributed by atoms with van der Waals surface area (Å²) in [5.74, 6) is 2.95. The first-order valence-corrected chi connectivity index (χ1v) is 30.4. The van der Waals surface area contributed by atoms with Crippen LogP contribution in [0.4, 0.5) is 0 Å². The van der Waals surface area contributed by atoms with Gasteiger partial charge in [-0.1, -0.05) is 260 Å². The average molecular weight is 1010 g/mol. The number of unbranched alkanes of at least 4 members (excludes halogenated alkanes) is 27. The van der Waals surface area contributed by atoms with E-state index in [1.54, 1.807) is 16.7 Å². The van der Waals surface area contributed by atoms with E-state index in [4.69, 9.17) is 0 Å². The Morgan fingerprint density at radius 2 is 0.743 bits per heavy atom. The number of rotatable bonds is 41. The maximum atomic E-state index is 9.55. The predicted octanol–water partition coefficient (Wildman–Crippen LogP) is 22.3. The van der Waals surface area contributed by atoms with Gasteiger partial charge in [-0.25, -0.2) is 0 Å². The first-order valence-electron chi connectivity index (χ1n) is 30.4. The van der Waals surface area contributed by atoms with Gasteiger partial charge in [0.2, 0.25) is 0 Å². The van der Waals surface area contributed by atoms with Gasteiger partial charge in [-0.05, 0) is 127 Å². The Morgan fingerprint density at radius 1 is 0.414 bits per heavy atom. The van der Waals surface area contributed by atoms with Crippen molar-refractivity contribution in [3.05, 3.63) is 99.8 Å². The van der Waals surface area contributed by atoms with Crippen molar-refractivity contribution in [2.75, 3.05) is 0 Å². The van der Waals surface area contributed by atoms with Gasteiger partial charge in [-0.2, -0.15) is 12.8 Å². The number of benzene rings is 2. The van der Waals surface area contributed by atoms with Gasteiger partial charge in [0, 0.05) is 0 Å². The van der Waals surface area contributed by atoms with Crippen LogP contribution in [0.5, 0.6) is 0 Å². The summed E-state index contributed by atoms with van der Waals surface area (Å²) in [4.78, 5) is 3.38. The standard InChI is InChI=1S/C41H62N2.2C13H27.Ni/c1-8-15-19-23-35-29-38(30-36(24-20-16-9-2)40(35)25-21-17-10-3)41(26-32(31-43-42)22-18-11-4)37-27-33(12-5)39(14-7)34(13-6)28-37;2*1-3-5-7-9-11-13-12-10-8-6-4-2;/h26-30H,8-25H2,1-7H3;2*1,3-13H2,2H3;/q;2*-1;+2. The molecule has 3 heteroatoms. The summed E-state index contributed by atoms with van der Waals surface area (Å²) in [5, 5.41) is 0. The smallest absolute Gasteiger partial charge is 0.348 e. The molecule has 70 heavy (non-hydrogen) atoms. The molecule has 0 aliphatic carbocycles. The van der Waals surface area contributed by atoms with E-state index in [-0.39, 0.29) is 16.5 Å². The summed E-state index contributed by atoms with van der Waals surface area (Å²) in [5.41, 5.74) is 23.6. The molecule has 0 radical (unpaired) electrons. The van der Waals surface area contributed by atoms with Gasteiger partial charge < -0.3 is 19.4 Å². The van der Waals surface area contributed by atoms with E-state index in [9.17, 15) is 5.53 Å². The topological polar surface area (TPSA) is 36.4 Å². The van der Waals surface area contributed by atoms with Crippen molar-refractivity contribution in [1.29, 1.82) is 0 Å². The zero-order valence-electron chi connectivity index (χ0n) is 48.3. The van der Waals surface area contributed by atoms with Crippen molar-refractivity contribution in [1.82, 2.24) is 0 Å². The minimum atomic E-state index is 0. The predicted molar refractivity (Wildman–Crippen MR) is 313 cm³/mol. The summed E-state index contributed by atoms with van der Waals surface area (Å²) in [6, 6.07) is 9.95. The van der Waals surface area contributed by atoms with Crippen molar-refractivity contribution in [2.24, 2.45) is 0 Å². The second-order valence-corrected chi connectivity index (χ2v) is 20.4. The molecule has 2 nitrogen and oxygen atoms in total. The van der Waals surface area contributed by atoms with Crippen LogP contribution in [-0.4, -0.2) is 10.7 Å². The van der Waals surface area contributed by atoms with Crippen molar-refractivity contribution >= 4 is 11.4 Å². The summed E-state index contributed by atoms with van der Waals surface area (Å²) in [6.07, 6.45) is 54.1. The largest absolute Gasteiger partial charge is 2.00 e. The van der Waals surface area contributed by atoms with Crippen LogP contribution in [0.1, 0.15) is 325 Å². The van der Waals surface area contributed by atoms with Crippen LogP contribution in [0.15, 0.2) is 35.9 Å². The molecule has 0 N–H and O–H groups in total. The van der Waals surface area contributed by atoms with E-state index < -0.39 is 0 Å². The molecule has 0 amide bonds. The van der Waals surface area contributed by atoms with Crippen molar-refractivity contribution < 1.29 is 21.3 Å². The molecule has 0 heterocycles. The van der Waals surface area contributed by atoms with E-state index in [0.29, 0.717) is 0 Å². The molecule has 0 fully saturated rings. The Labute approximate surface area is 449 Å². The van der Waals surface area contributed by atoms with Crippen molar-refractivity contribution in [3.8, 4) is 0 Å². The SMILES string of the molecule is CCCCCc1cc(C(=CC(=C=[N+]=[N-])CCCC)c2cc(CC)c(CC)c(CC)c2)cc(CCCCC)c1CCCCC.[CH2-]CCCCCCCCCCCC.[CH2-]CCCCCCCCCCCC.[Ni+2]. The van der Waals surface area contributed by atoms with E-state index in [1.165, 1.54) is 226 Å². The molecule has 0 atom stereocenters. The quantitative estimate of drug-likeness (QED) is 0.0121. The van der Waals surface area contributed by atoms with Gasteiger partial charge in [0.15, 0.2) is 0 Å². The van der Waals surface area contributed by atoms with E-state index in [0.717, 1.165) is 69.8 Å². The van der Waals surface area contributed by atoms with Gasteiger partial charge in [0.25, 0.3) is 0 Å². The zero-order valence-corrected chi connectivity index (χ0v) is 49.3. The summed E-state index contributed by atoms with van der Waals surface area (Å²) >= 11 is 0. The van der Waals surface area contributed by atoms with Gasteiger partial charge in [-0.3, -0.25) is 0 Å². The second-order valence-electron chi connectivity index (χ2n) is 20.4. The molecule has 0 spiro atoms. The Balaban J connectivity index is 0. The van der Waals surface area contributed by atoms with E-state index >= 15 is 0 Å². The third-order valence-electron chi connectivity index (χ3n) is 14.3. The monoisotopic (exact) mass is 1010 g/mol. The molecule has 404 valence electrons. The van der Waals surface area contributed by atoms with Gasteiger partial charge in [0.05, 0.1) is 5.57 Å². The number of hydrogen-bond acceptors (Lipinski definition) is 0. The minimum Gasteiger partial charge on any atom is -0.348 e. The number of allylic oxidation sites excluding steroid dienone is 2. The first kappa shape index (κ1) is 69.9. The van der Waals surface area contributed by atoms with Gasteiger partial charge >= 0.3 is 22.4 Å². The first-order chi connectivity index (χ1) is 33.8. The number of aryl methyl sites for hydroxylation is 4. The van der Waals surface area contributed by atoms with Gasteiger partial charge in [-0.15, -0.1) is 4.79 Å². The molecule has 0 unspecified atom stereocenters. The Kier molecular flexibility index (Phi) is 51.7. The molecular weight excluding hydrogens is 891 g/mol. The minimum absolute atomic E-state index is 0. The second kappa shape index (κ2) is 51.7. The fourth-order valence-corrected chi connectivity index (χ4v) is 9.87. The van der Waals surface area contributed by atoms with E-state index in [1.807, 2.05) is 0 Å². The van der Waals surface area contributed by atoms with Crippen LogP contribution in [0.3, 0.4) is 0 Å². The van der Waals surface area contributed by atoms with Crippen LogP contribution in [-0.2, 0) is 55.0 Å². The van der Waals surface area contributed by atoms with E-state index in [2.05, 4.69) is 117 Å². The number of nitrogens with zero attached hydrogens (tertiary/aromatic N) is 2. The fraction of sp³-hybridized carbons (Fsp3) is 0.731. The van der Waals surface area contributed by atoms with Crippen LogP contribution in [0.25, 0.3) is 11.1 Å². The molecule has 0 aliphatic heterocycles.